The zero-order valence-electron chi connectivity index (χ0n) is 15.6. The Hall–Kier alpha value is -3.04. The number of carbonyl (C=O) groups excluding carboxylic acids is 1. The van der Waals surface area contributed by atoms with Crippen LogP contribution in [0.2, 0.25) is 0 Å². The molecule has 3 aromatic rings. The molecule has 2 heterocycles. The van der Waals surface area contributed by atoms with Crippen LogP contribution in [0.25, 0.3) is 4.91 Å². The first-order valence-electron chi connectivity index (χ1n) is 8.68. The summed E-state index contributed by atoms with van der Waals surface area (Å²) in [5, 5.41) is 6.39. The summed E-state index contributed by atoms with van der Waals surface area (Å²) in [6.07, 6.45) is 0. The van der Waals surface area contributed by atoms with Crippen molar-refractivity contribution in [1.82, 2.24) is 9.46 Å². The molecule has 9 heteroatoms. The van der Waals surface area contributed by atoms with Crippen LogP contribution in [0, 0.1) is 6.92 Å². The van der Waals surface area contributed by atoms with E-state index in [1.54, 1.807) is 54.7 Å². The molecule has 1 aromatic heterocycles. The fraction of sp³-hybridized carbons (Fsp3) is 0.100. The molecule has 0 unspecified atom stereocenters. The van der Waals surface area contributed by atoms with Crippen molar-refractivity contribution >= 4 is 38.4 Å². The summed E-state index contributed by atoms with van der Waals surface area (Å²) in [7, 11) is -2.31. The quantitative estimate of drug-likeness (QED) is 0.635. The molecule has 148 valence electrons. The maximum atomic E-state index is 13.6. The Labute approximate surface area is 172 Å². The Kier molecular flexibility index (Phi) is 4.93. The van der Waals surface area contributed by atoms with E-state index in [2.05, 4.69) is 10.5 Å². The maximum Gasteiger partial charge on any atom is 0.275 e. The van der Waals surface area contributed by atoms with E-state index in [0.717, 1.165) is 4.90 Å². The molecule has 0 radical (unpaired) electrons. The van der Waals surface area contributed by atoms with Crippen LogP contribution in [-0.2, 0) is 14.6 Å². The monoisotopic (exact) mass is 427 g/mol. The number of aromatic nitrogens is 1. The van der Waals surface area contributed by atoms with Gasteiger partial charge in [0.05, 0.1) is 4.90 Å². The molecule has 1 aliphatic heterocycles. The summed E-state index contributed by atoms with van der Waals surface area (Å²) >= 11 is 1.29. The van der Waals surface area contributed by atoms with Crippen LogP contribution in [0.15, 0.2) is 80.7 Å². The number of nitrogens with one attached hydrogen (secondary N) is 1. The molecular formula is C20H17N3O4S2. The predicted octanol–water partition coefficient (Wildman–Crippen LogP) is 3.72. The van der Waals surface area contributed by atoms with Gasteiger partial charge >= 0.3 is 0 Å². The van der Waals surface area contributed by atoms with Gasteiger partial charge in [-0.25, -0.2) is 8.42 Å². The average Bonchev–Trinajstić information content (AvgIpc) is 3.12. The number of rotatable bonds is 4. The van der Waals surface area contributed by atoms with Gasteiger partial charge in [0.25, 0.3) is 5.91 Å². The molecule has 0 bridgehead atoms. The van der Waals surface area contributed by atoms with Crippen LogP contribution < -0.4 is 5.32 Å². The maximum absolute atomic E-state index is 13.6. The van der Waals surface area contributed by atoms with Crippen LogP contribution in [0.3, 0.4) is 0 Å². The van der Waals surface area contributed by atoms with Crippen molar-refractivity contribution in [3.8, 4) is 0 Å². The molecule has 4 rings (SSSR count). The molecular weight excluding hydrogens is 410 g/mol. The summed E-state index contributed by atoms with van der Waals surface area (Å²) in [5.74, 6) is 0.161. The highest BCUT2D eigenvalue weighted by molar-refractivity contribution is 8.01. The number of hydrogen-bond donors (Lipinski definition) is 1. The average molecular weight is 428 g/mol. The number of nitrogens with zero attached hydrogens (tertiary/aromatic N) is 2. The Morgan fingerprint density at radius 3 is 2.48 bits per heavy atom. The Bertz CT molecular complexity index is 1220. The van der Waals surface area contributed by atoms with E-state index in [1.165, 1.54) is 24.1 Å². The van der Waals surface area contributed by atoms with Crippen molar-refractivity contribution in [2.24, 2.45) is 0 Å². The summed E-state index contributed by atoms with van der Waals surface area (Å²) < 4.78 is 33.7. The number of hydrogen-bond acceptors (Lipinski definition) is 7. The van der Waals surface area contributed by atoms with Gasteiger partial charge in [0, 0.05) is 23.6 Å². The molecule has 0 saturated heterocycles. The van der Waals surface area contributed by atoms with Gasteiger partial charge in [-0.1, -0.05) is 41.6 Å². The van der Waals surface area contributed by atoms with Crippen molar-refractivity contribution in [3.63, 3.8) is 0 Å². The first-order valence-corrected chi connectivity index (χ1v) is 10.9. The van der Waals surface area contributed by atoms with Crippen LogP contribution in [0.5, 0.6) is 0 Å². The summed E-state index contributed by atoms with van der Waals surface area (Å²) in [4.78, 5) is 13.9. The minimum absolute atomic E-state index is 0.0261. The van der Waals surface area contributed by atoms with Gasteiger partial charge in [-0.2, -0.15) is 0 Å². The standard InChI is InChI=1S/C20H17N3O4S2/c1-13-12-17(22-27-13)21-20(24)18-19(29(25,26)14-8-4-3-5-9-14)15-10-6-7-11-16(15)28-23(18)2/h3-12H,1-2H3,(H,21,22,24). The van der Waals surface area contributed by atoms with Crippen molar-refractivity contribution in [1.29, 1.82) is 0 Å². The summed E-state index contributed by atoms with van der Waals surface area (Å²) in [6.45, 7) is 1.70. The van der Waals surface area contributed by atoms with Crippen molar-refractivity contribution in [2.75, 3.05) is 12.4 Å². The van der Waals surface area contributed by atoms with Crippen molar-refractivity contribution in [3.05, 3.63) is 77.7 Å². The highest BCUT2D eigenvalue weighted by atomic mass is 32.2. The predicted molar refractivity (Wildman–Crippen MR) is 110 cm³/mol. The van der Waals surface area contributed by atoms with Crippen molar-refractivity contribution in [2.45, 2.75) is 16.7 Å². The third-order valence-electron chi connectivity index (χ3n) is 4.30. The Morgan fingerprint density at radius 1 is 1.10 bits per heavy atom. The largest absolute Gasteiger partial charge is 0.360 e. The molecule has 0 spiro atoms. The summed E-state index contributed by atoms with van der Waals surface area (Å²) in [6, 6.07) is 16.8. The number of anilines is 1. The molecule has 1 amide bonds. The number of sulfone groups is 1. The first-order chi connectivity index (χ1) is 13.9. The third-order valence-corrected chi connectivity index (χ3v) is 7.16. The van der Waals surface area contributed by atoms with Crippen LogP contribution in [0.1, 0.15) is 11.3 Å². The Morgan fingerprint density at radius 2 is 1.79 bits per heavy atom. The number of likely N-dealkylation sites (N-methyl/N-ethyl adjacent to an activating group) is 1. The second kappa shape index (κ2) is 7.41. The van der Waals surface area contributed by atoms with Gasteiger partial charge in [-0.3, -0.25) is 4.79 Å². The Balaban J connectivity index is 1.92. The molecule has 29 heavy (non-hydrogen) atoms. The van der Waals surface area contributed by atoms with Crippen LogP contribution >= 0.6 is 11.9 Å². The van der Waals surface area contributed by atoms with E-state index < -0.39 is 15.7 Å². The first kappa shape index (κ1) is 19.3. The van der Waals surface area contributed by atoms with E-state index >= 15 is 0 Å². The lowest BCUT2D eigenvalue weighted by Crippen LogP contribution is -2.29. The third kappa shape index (κ3) is 3.54. The molecule has 1 N–H and O–H groups in total. The lowest BCUT2D eigenvalue weighted by Gasteiger charge is -2.29. The molecule has 0 saturated carbocycles. The van der Waals surface area contributed by atoms with E-state index in [1.807, 2.05) is 12.1 Å². The van der Waals surface area contributed by atoms with E-state index in [4.69, 9.17) is 4.52 Å². The van der Waals surface area contributed by atoms with Gasteiger partial charge in [0.2, 0.25) is 9.84 Å². The minimum atomic E-state index is -3.97. The molecule has 0 atom stereocenters. The smallest absolute Gasteiger partial charge is 0.275 e. The lowest BCUT2D eigenvalue weighted by atomic mass is 10.1. The van der Waals surface area contributed by atoms with Gasteiger partial charge < -0.3 is 14.1 Å². The summed E-state index contributed by atoms with van der Waals surface area (Å²) in [5.41, 5.74) is 0.513. The van der Waals surface area contributed by atoms with E-state index in [0.29, 0.717) is 11.3 Å². The van der Waals surface area contributed by atoms with Gasteiger partial charge in [-0.05, 0) is 37.1 Å². The molecule has 0 aliphatic carbocycles. The van der Waals surface area contributed by atoms with E-state index in [9.17, 15) is 13.2 Å². The SMILES string of the molecule is Cc1cc(NC(=O)C2=C(S(=O)(=O)c3ccccc3)c3ccccc3SN2C)no1. The number of amides is 1. The topological polar surface area (TPSA) is 92.5 Å². The zero-order chi connectivity index (χ0) is 20.6. The van der Waals surface area contributed by atoms with Crippen molar-refractivity contribution < 1.29 is 17.7 Å². The van der Waals surface area contributed by atoms with Gasteiger partial charge in [0.1, 0.15) is 16.4 Å². The lowest BCUT2D eigenvalue weighted by molar-refractivity contribution is -0.113. The highest BCUT2D eigenvalue weighted by Gasteiger charge is 2.36. The minimum Gasteiger partial charge on any atom is -0.360 e. The zero-order valence-corrected chi connectivity index (χ0v) is 17.3. The molecule has 1 aliphatic rings. The number of benzene rings is 2. The number of fused-ring (bicyclic) bond motifs is 1. The number of aryl methyl sites for hydroxylation is 1. The van der Waals surface area contributed by atoms with Crippen LogP contribution in [-0.4, -0.2) is 30.8 Å². The van der Waals surface area contributed by atoms with Crippen LogP contribution in [0.4, 0.5) is 5.82 Å². The second-order valence-electron chi connectivity index (χ2n) is 6.36. The molecule has 7 nitrogen and oxygen atoms in total. The molecule has 2 aromatic carbocycles. The fourth-order valence-corrected chi connectivity index (χ4v) is 5.83. The van der Waals surface area contributed by atoms with E-state index in [-0.39, 0.29) is 21.3 Å². The fourth-order valence-electron chi connectivity index (χ4n) is 3.03. The molecule has 0 fully saturated rings. The van der Waals surface area contributed by atoms with Gasteiger partial charge in [0.15, 0.2) is 5.82 Å². The second-order valence-corrected chi connectivity index (χ2v) is 9.41. The number of carbonyl (C=O) groups is 1. The highest BCUT2D eigenvalue weighted by Crippen LogP contribution is 2.44. The normalized spacial score (nSPS) is 13.9. The van der Waals surface area contributed by atoms with Gasteiger partial charge in [-0.15, -0.1) is 0 Å².